The number of aromatic nitrogens is 4. The minimum Gasteiger partial charge on any atom is -0.293 e. The molecule has 35 heavy (non-hydrogen) atoms. The Hall–Kier alpha value is -3.25. The molecule has 1 saturated carbocycles. The van der Waals surface area contributed by atoms with Gasteiger partial charge in [-0.3, -0.25) is 14.3 Å². The van der Waals surface area contributed by atoms with Crippen molar-refractivity contribution in [3.05, 3.63) is 89.7 Å². The second-order valence-electron chi connectivity index (χ2n) is 9.07. The summed E-state index contributed by atoms with van der Waals surface area (Å²) in [5.74, 6) is 1.80. The molecule has 0 amide bonds. The summed E-state index contributed by atoms with van der Waals surface area (Å²) >= 11 is 1.43. The summed E-state index contributed by atoms with van der Waals surface area (Å²) in [5, 5.41) is 9.63. The first-order valence-electron chi connectivity index (χ1n) is 12.4. The van der Waals surface area contributed by atoms with Crippen LogP contribution in [0, 0.1) is 0 Å². The first-order valence-corrected chi connectivity index (χ1v) is 13.4. The summed E-state index contributed by atoms with van der Waals surface area (Å²) in [6.07, 6.45) is 11.0. The molecule has 0 unspecified atom stereocenters. The molecule has 5 rings (SSSR count). The highest BCUT2D eigenvalue weighted by Crippen LogP contribution is 2.33. The molecule has 0 N–H and O–H groups in total. The molecule has 0 bridgehead atoms. The summed E-state index contributed by atoms with van der Waals surface area (Å²) in [5.41, 5.74) is 5.30. The highest BCUT2D eigenvalue weighted by Gasteiger charge is 2.19. The molecule has 0 atom stereocenters. The Morgan fingerprint density at radius 1 is 0.914 bits per heavy atom. The maximum absolute atomic E-state index is 13.0. The second-order valence-corrected chi connectivity index (χ2v) is 10.0. The molecule has 0 saturated heterocycles. The molecule has 0 spiro atoms. The Bertz CT molecular complexity index is 1260. The van der Waals surface area contributed by atoms with Gasteiger partial charge in [-0.1, -0.05) is 74.3 Å². The maximum atomic E-state index is 13.0. The fourth-order valence-electron chi connectivity index (χ4n) is 4.76. The Morgan fingerprint density at radius 2 is 1.63 bits per heavy atom. The average Bonchev–Trinajstić information content (AvgIpc) is 3.37. The van der Waals surface area contributed by atoms with E-state index in [-0.39, 0.29) is 5.78 Å². The summed E-state index contributed by atoms with van der Waals surface area (Å²) < 4.78 is 2.03. The van der Waals surface area contributed by atoms with Crippen LogP contribution in [-0.4, -0.2) is 31.3 Å². The molecule has 0 radical (unpaired) electrons. The normalized spacial score (nSPS) is 14.2. The van der Waals surface area contributed by atoms with E-state index < -0.39 is 0 Å². The SMILES string of the molecule is CCc1ccc(-n2c(SCC(=O)c3ccc(C4CCCCC4)cc3)nnc2-c2ccncc2)cc1. The predicted molar refractivity (Wildman–Crippen MR) is 141 cm³/mol. The molecule has 1 aliphatic rings. The highest BCUT2D eigenvalue weighted by atomic mass is 32.2. The van der Waals surface area contributed by atoms with Crippen LogP contribution in [0.15, 0.2) is 78.2 Å². The van der Waals surface area contributed by atoms with Crippen molar-refractivity contribution in [2.45, 2.75) is 56.5 Å². The lowest BCUT2D eigenvalue weighted by atomic mass is 9.84. The number of pyridine rings is 1. The van der Waals surface area contributed by atoms with Crippen molar-refractivity contribution >= 4 is 17.5 Å². The maximum Gasteiger partial charge on any atom is 0.196 e. The molecule has 2 aromatic carbocycles. The third-order valence-electron chi connectivity index (χ3n) is 6.82. The summed E-state index contributed by atoms with van der Waals surface area (Å²) in [7, 11) is 0. The van der Waals surface area contributed by atoms with Gasteiger partial charge in [0.15, 0.2) is 16.8 Å². The van der Waals surface area contributed by atoms with E-state index in [1.165, 1.54) is 55.0 Å². The topological polar surface area (TPSA) is 60.7 Å². The largest absolute Gasteiger partial charge is 0.293 e. The standard InChI is InChI=1S/C29H30N4OS/c1-2-21-8-14-26(15-9-21)33-28(25-16-18-30-19-17-25)31-32-29(33)35-20-27(34)24-12-10-23(11-13-24)22-6-4-3-5-7-22/h8-19,22H,2-7,20H2,1H3. The molecule has 178 valence electrons. The fraction of sp³-hybridized carbons (Fsp3) is 0.310. The molecule has 1 aliphatic carbocycles. The van der Waals surface area contributed by atoms with Crippen LogP contribution in [0.1, 0.15) is 66.4 Å². The Kier molecular flexibility index (Phi) is 7.38. The van der Waals surface area contributed by atoms with Gasteiger partial charge in [-0.2, -0.15) is 0 Å². The number of thioether (sulfide) groups is 1. The Morgan fingerprint density at radius 3 is 2.31 bits per heavy atom. The number of benzene rings is 2. The van der Waals surface area contributed by atoms with Crippen LogP contribution in [0.3, 0.4) is 0 Å². The molecule has 4 aromatic rings. The van der Waals surface area contributed by atoms with Crippen molar-refractivity contribution in [1.29, 1.82) is 0 Å². The molecule has 2 aromatic heterocycles. The third kappa shape index (κ3) is 5.38. The number of Topliss-reactive ketones (excluding diaryl/α,β-unsaturated/α-hetero) is 1. The average molecular weight is 483 g/mol. The monoisotopic (exact) mass is 482 g/mol. The van der Waals surface area contributed by atoms with E-state index in [2.05, 4.69) is 58.5 Å². The van der Waals surface area contributed by atoms with Gasteiger partial charge in [0.25, 0.3) is 0 Å². The third-order valence-corrected chi connectivity index (χ3v) is 7.75. The summed E-state index contributed by atoms with van der Waals surface area (Å²) in [4.78, 5) is 17.2. The quantitative estimate of drug-likeness (QED) is 0.202. The summed E-state index contributed by atoms with van der Waals surface area (Å²) in [6, 6.07) is 20.5. The number of carbonyl (C=O) groups is 1. The number of ketones is 1. The van der Waals surface area contributed by atoms with Gasteiger partial charge < -0.3 is 0 Å². The first kappa shape index (κ1) is 23.5. The van der Waals surface area contributed by atoms with Gasteiger partial charge >= 0.3 is 0 Å². The van der Waals surface area contributed by atoms with Gasteiger partial charge in [0.1, 0.15) is 0 Å². The first-order chi connectivity index (χ1) is 17.2. The van der Waals surface area contributed by atoms with Crippen LogP contribution in [0.25, 0.3) is 17.1 Å². The van der Waals surface area contributed by atoms with Crippen LogP contribution in [-0.2, 0) is 6.42 Å². The van der Waals surface area contributed by atoms with Crippen LogP contribution in [0.5, 0.6) is 0 Å². The Balaban J connectivity index is 1.36. The zero-order valence-electron chi connectivity index (χ0n) is 20.1. The van der Waals surface area contributed by atoms with Crippen molar-refractivity contribution < 1.29 is 4.79 Å². The van der Waals surface area contributed by atoms with Crippen molar-refractivity contribution in [2.75, 3.05) is 5.75 Å². The lowest BCUT2D eigenvalue weighted by molar-refractivity contribution is 0.102. The van der Waals surface area contributed by atoms with Crippen molar-refractivity contribution in [2.24, 2.45) is 0 Å². The predicted octanol–water partition coefficient (Wildman–Crippen LogP) is 6.91. The summed E-state index contributed by atoms with van der Waals surface area (Å²) in [6.45, 7) is 2.14. The van der Waals surface area contributed by atoms with Crippen molar-refractivity contribution in [3.8, 4) is 17.1 Å². The van der Waals surface area contributed by atoms with Crippen molar-refractivity contribution in [1.82, 2.24) is 19.7 Å². The van der Waals surface area contributed by atoms with E-state index >= 15 is 0 Å². The van der Waals surface area contributed by atoms with Crippen LogP contribution in [0.4, 0.5) is 0 Å². The van der Waals surface area contributed by atoms with Crippen LogP contribution >= 0.6 is 11.8 Å². The van der Waals surface area contributed by atoms with E-state index in [0.717, 1.165) is 29.1 Å². The smallest absolute Gasteiger partial charge is 0.196 e. The van der Waals surface area contributed by atoms with E-state index in [1.54, 1.807) is 12.4 Å². The van der Waals surface area contributed by atoms with Gasteiger partial charge in [-0.05, 0) is 60.6 Å². The lowest BCUT2D eigenvalue weighted by Gasteiger charge is -2.22. The highest BCUT2D eigenvalue weighted by molar-refractivity contribution is 7.99. The zero-order chi connectivity index (χ0) is 24.0. The van der Waals surface area contributed by atoms with Gasteiger partial charge in [-0.15, -0.1) is 10.2 Å². The molecule has 0 aliphatic heterocycles. The molecule has 6 heteroatoms. The minimum atomic E-state index is 0.103. The minimum absolute atomic E-state index is 0.103. The number of carbonyl (C=O) groups excluding carboxylic acids is 1. The number of aryl methyl sites for hydroxylation is 1. The molecular weight excluding hydrogens is 452 g/mol. The van der Waals surface area contributed by atoms with E-state index in [4.69, 9.17) is 0 Å². The number of hydrogen-bond donors (Lipinski definition) is 0. The van der Waals surface area contributed by atoms with Gasteiger partial charge in [0, 0.05) is 29.2 Å². The van der Waals surface area contributed by atoms with Crippen LogP contribution < -0.4 is 0 Å². The lowest BCUT2D eigenvalue weighted by Crippen LogP contribution is -2.07. The molecule has 1 fully saturated rings. The second kappa shape index (κ2) is 11.0. The number of rotatable bonds is 8. The fourth-order valence-corrected chi connectivity index (χ4v) is 5.60. The number of nitrogens with zero attached hydrogens (tertiary/aromatic N) is 4. The van der Waals surface area contributed by atoms with Gasteiger partial charge in [0.05, 0.1) is 5.75 Å². The zero-order valence-corrected chi connectivity index (χ0v) is 20.9. The van der Waals surface area contributed by atoms with Gasteiger partial charge in [-0.25, -0.2) is 0 Å². The molecular formula is C29H30N4OS. The van der Waals surface area contributed by atoms with E-state index in [1.807, 2.05) is 28.8 Å². The van der Waals surface area contributed by atoms with Crippen molar-refractivity contribution in [3.63, 3.8) is 0 Å². The Labute approximate surface area is 211 Å². The van der Waals surface area contributed by atoms with E-state index in [0.29, 0.717) is 16.8 Å². The van der Waals surface area contributed by atoms with E-state index in [9.17, 15) is 4.79 Å². The molecule has 2 heterocycles. The number of hydrogen-bond acceptors (Lipinski definition) is 5. The molecule has 5 nitrogen and oxygen atoms in total. The van der Waals surface area contributed by atoms with Gasteiger partial charge in [0.2, 0.25) is 0 Å². The van der Waals surface area contributed by atoms with Crippen LogP contribution in [0.2, 0.25) is 0 Å².